The fraction of sp³-hybridized carbons (Fsp3) is 0.500. The van der Waals surface area contributed by atoms with E-state index in [1.807, 2.05) is 13.8 Å². The Labute approximate surface area is 112 Å². The van der Waals surface area contributed by atoms with Gasteiger partial charge in [-0.25, -0.2) is 9.97 Å². The highest BCUT2D eigenvalue weighted by Gasteiger charge is 2.22. The van der Waals surface area contributed by atoms with E-state index >= 15 is 0 Å². The largest absolute Gasteiger partial charge is 0.370 e. The van der Waals surface area contributed by atoms with Gasteiger partial charge in [0.1, 0.15) is 11.6 Å². The molecule has 0 saturated carbocycles. The molecule has 1 N–H and O–H groups in total. The van der Waals surface area contributed by atoms with Crippen LogP contribution in [0.2, 0.25) is 0 Å². The maximum atomic E-state index is 5.22. The maximum Gasteiger partial charge on any atom is 0.167 e. The number of anilines is 1. The van der Waals surface area contributed by atoms with Crippen molar-refractivity contribution in [3.05, 3.63) is 22.7 Å². The molecule has 2 heterocycles. The Kier molecular flexibility index (Phi) is 2.97. The monoisotopic (exact) mass is 258 g/mol. The van der Waals surface area contributed by atoms with Crippen LogP contribution in [0.3, 0.4) is 0 Å². The molecular weight excluding hydrogens is 240 g/mol. The van der Waals surface area contributed by atoms with Crippen LogP contribution in [0.1, 0.15) is 36.1 Å². The molecule has 2 aromatic heterocycles. The van der Waals surface area contributed by atoms with Crippen LogP contribution in [0.5, 0.6) is 0 Å². The Morgan fingerprint density at radius 3 is 2.74 bits per heavy atom. The van der Waals surface area contributed by atoms with Crippen LogP contribution in [0, 0.1) is 13.8 Å². The second-order valence-corrected chi connectivity index (χ2v) is 4.90. The lowest BCUT2D eigenvalue weighted by Gasteiger charge is -2.10. The smallest absolute Gasteiger partial charge is 0.167 e. The van der Waals surface area contributed by atoms with Gasteiger partial charge in [0, 0.05) is 17.8 Å². The van der Waals surface area contributed by atoms with E-state index in [9.17, 15) is 0 Å². The van der Waals surface area contributed by atoms with Crippen molar-refractivity contribution in [2.24, 2.45) is 0 Å². The van der Waals surface area contributed by atoms with E-state index in [-0.39, 0.29) is 0 Å². The molecule has 19 heavy (non-hydrogen) atoms. The van der Waals surface area contributed by atoms with Gasteiger partial charge in [-0.1, -0.05) is 5.16 Å². The van der Waals surface area contributed by atoms with E-state index in [0.717, 1.165) is 54.5 Å². The molecule has 0 amide bonds. The molecule has 1 aliphatic rings. The standard InChI is InChI=1S/C14H18N4O/c1-4-15-13-10-6-5-7-11(10)16-14(17-13)12-8(2)18-19-9(12)3/h4-7H2,1-3H3,(H,15,16,17). The Morgan fingerprint density at radius 1 is 1.21 bits per heavy atom. The number of aromatic nitrogens is 3. The highest BCUT2D eigenvalue weighted by molar-refractivity contribution is 5.64. The molecule has 0 unspecified atom stereocenters. The maximum absolute atomic E-state index is 5.22. The average molecular weight is 258 g/mol. The SMILES string of the molecule is CCNc1nc(-c2c(C)noc2C)nc2c1CCC2. The van der Waals surface area contributed by atoms with Gasteiger partial charge in [0.25, 0.3) is 0 Å². The second-order valence-electron chi connectivity index (χ2n) is 4.90. The molecule has 3 rings (SSSR count). The zero-order chi connectivity index (χ0) is 13.4. The normalized spacial score (nSPS) is 13.6. The first kappa shape index (κ1) is 12.1. The van der Waals surface area contributed by atoms with E-state index in [4.69, 9.17) is 9.51 Å². The molecule has 1 aliphatic carbocycles. The molecule has 0 saturated heterocycles. The summed E-state index contributed by atoms with van der Waals surface area (Å²) in [7, 11) is 0. The fourth-order valence-electron chi connectivity index (χ4n) is 2.66. The third-order valence-corrected chi connectivity index (χ3v) is 3.53. The highest BCUT2D eigenvalue weighted by atomic mass is 16.5. The number of fused-ring (bicyclic) bond motifs is 1. The van der Waals surface area contributed by atoms with Gasteiger partial charge in [-0.15, -0.1) is 0 Å². The Hall–Kier alpha value is -1.91. The van der Waals surface area contributed by atoms with Gasteiger partial charge < -0.3 is 9.84 Å². The summed E-state index contributed by atoms with van der Waals surface area (Å²) in [6.07, 6.45) is 3.26. The molecule has 2 aromatic rings. The van der Waals surface area contributed by atoms with Crippen molar-refractivity contribution in [2.75, 3.05) is 11.9 Å². The lowest BCUT2D eigenvalue weighted by atomic mass is 10.1. The van der Waals surface area contributed by atoms with Crippen LogP contribution in [0.25, 0.3) is 11.4 Å². The quantitative estimate of drug-likeness (QED) is 0.917. The second kappa shape index (κ2) is 4.64. The first-order chi connectivity index (χ1) is 9.20. The van der Waals surface area contributed by atoms with Crippen molar-refractivity contribution >= 4 is 5.82 Å². The van der Waals surface area contributed by atoms with Crippen LogP contribution in [-0.4, -0.2) is 21.7 Å². The minimum Gasteiger partial charge on any atom is -0.370 e. The van der Waals surface area contributed by atoms with Crippen LogP contribution in [0.15, 0.2) is 4.52 Å². The summed E-state index contributed by atoms with van der Waals surface area (Å²) in [5, 5.41) is 7.33. The number of nitrogens with one attached hydrogen (secondary N) is 1. The number of hydrogen-bond acceptors (Lipinski definition) is 5. The van der Waals surface area contributed by atoms with Crippen molar-refractivity contribution in [3.63, 3.8) is 0 Å². The topological polar surface area (TPSA) is 63.8 Å². The van der Waals surface area contributed by atoms with Gasteiger partial charge in [0.2, 0.25) is 0 Å². The number of hydrogen-bond donors (Lipinski definition) is 1. The highest BCUT2D eigenvalue weighted by Crippen LogP contribution is 2.31. The third kappa shape index (κ3) is 1.99. The number of aryl methyl sites for hydroxylation is 3. The fourth-order valence-corrected chi connectivity index (χ4v) is 2.66. The Balaban J connectivity index is 2.15. The van der Waals surface area contributed by atoms with Gasteiger partial charge >= 0.3 is 0 Å². The van der Waals surface area contributed by atoms with E-state index in [1.165, 1.54) is 11.3 Å². The van der Waals surface area contributed by atoms with E-state index < -0.39 is 0 Å². The summed E-state index contributed by atoms with van der Waals surface area (Å²) in [5.74, 6) is 2.48. The van der Waals surface area contributed by atoms with Crippen LogP contribution >= 0.6 is 0 Å². The lowest BCUT2D eigenvalue weighted by Crippen LogP contribution is -2.07. The number of rotatable bonds is 3. The third-order valence-electron chi connectivity index (χ3n) is 3.53. The van der Waals surface area contributed by atoms with Gasteiger partial charge in [-0.2, -0.15) is 0 Å². The molecule has 0 aliphatic heterocycles. The van der Waals surface area contributed by atoms with Crippen molar-refractivity contribution in [2.45, 2.75) is 40.0 Å². The molecule has 5 nitrogen and oxygen atoms in total. The predicted molar refractivity (Wildman–Crippen MR) is 73.2 cm³/mol. The summed E-state index contributed by atoms with van der Waals surface area (Å²) in [5.41, 5.74) is 4.21. The van der Waals surface area contributed by atoms with Crippen molar-refractivity contribution in [1.82, 2.24) is 15.1 Å². The summed E-state index contributed by atoms with van der Waals surface area (Å²) in [4.78, 5) is 9.39. The van der Waals surface area contributed by atoms with Crippen LogP contribution in [-0.2, 0) is 12.8 Å². The molecule has 0 bridgehead atoms. The molecular formula is C14H18N4O. The van der Waals surface area contributed by atoms with E-state index in [1.54, 1.807) is 0 Å². The first-order valence-electron chi connectivity index (χ1n) is 6.77. The van der Waals surface area contributed by atoms with Gasteiger partial charge in [0.15, 0.2) is 5.82 Å². The Morgan fingerprint density at radius 2 is 2.05 bits per heavy atom. The lowest BCUT2D eigenvalue weighted by molar-refractivity contribution is 0.393. The van der Waals surface area contributed by atoms with Gasteiger partial charge in [0.05, 0.1) is 11.3 Å². The van der Waals surface area contributed by atoms with Crippen molar-refractivity contribution in [3.8, 4) is 11.4 Å². The molecule has 100 valence electrons. The minimum atomic E-state index is 0.729. The summed E-state index contributed by atoms with van der Waals surface area (Å²) < 4.78 is 5.22. The molecule has 0 spiro atoms. The van der Waals surface area contributed by atoms with Gasteiger partial charge in [-0.3, -0.25) is 0 Å². The van der Waals surface area contributed by atoms with Crippen LogP contribution in [0.4, 0.5) is 5.82 Å². The summed E-state index contributed by atoms with van der Waals surface area (Å²) in [6, 6.07) is 0. The van der Waals surface area contributed by atoms with E-state index in [0.29, 0.717) is 0 Å². The zero-order valence-corrected chi connectivity index (χ0v) is 11.6. The zero-order valence-electron chi connectivity index (χ0n) is 11.6. The molecule has 0 atom stereocenters. The molecule has 0 aromatic carbocycles. The molecule has 5 heteroatoms. The summed E-state index contributed by atoms with van der Waals surface area (Å²) in [6.45, 7) is 6.78. The van der Waals surface area contributed by atoms with E-state index in [2.05, 4.69) is 22.4 Å². The predicted octanol–water partition coefficient (Wildman–Crippen LogP) is 2.67. The molecule has 0 radical (unpaired) electrons. The summed E-state index contributed by atoms with van der Waals surface area (Å²) >= 11 is 0. The molecule has 0 fully saturated rings. The number of nitrogens with zero attached hydrogens (tertiary/aromatic N) is 3. The van der Waals surface area contributed by atoms with Crippen molar-refractivity contribution < 1.29 is 4.52 Å². The Bertz CT molecular complexity index is 599. The van der Waals surface area contributed by atoms with Crippen molar-refractivity contribution in [1.29, 1.82) is 0 Å². The van der Waals surface area contributed by atoms with Gasteiger partial charge in [-0.05, 0) is 40.0 Å². The minimum absolute atomic E-state index is 0.729. The first-order valence-corrected chi connectivity index (χ1v) is 6.77. The average Bonchev–Trinajstić information content (AvgIpc) is 2.97. The van der Waals surface area contributed by atoms with Crippen LogP contribution < -0.4 is 5.32 Å².